The van der Waals surface area contributed by atoms with Crippen molar-refractivity contribution < 1.29 is 4.12 Å². The van der Waals surface area contributed by atoms with Gasteiger partial charge in [0.15, 0.2) is 8.32 Å². The van der Waals surface area contributed by atoms with Crippen molar-refractivity contribution in [1.29, 1.82) is 0 Å². The third-order valence-electron chi connectivity index (χ3n) is 7.51. The summed E-state index contributed by atoms with van der Waals surface area (Å²) in [5.74, 6) is 0. The summed E-state index contributed by atoms with van der Waals surface area (Å²) in [6.07, 6.45) is 2.33. The summed E-state index contributed by atoms with van der Waals surface area (Å²) in [7, 11) is 0.533. The summed E-state index contributed by atoms with van der Waals surface area (Å²) in [4.78, 5) is 4.88. The SMILES string of the molecule is C=C[Si](CCCN(C)Cc1ccccc1)(CCCN(C)Cc1ccccc1)O[Si](C)(C)C(C)(C)C. The van der Waals surface area contributed by atoms with E-state index in [1.165, 1.54) is 11.1 Å². The van der Waals surface area contributed by atoms with E-state index in [1.54, 1.807) is 0 Å². The van der Waals surface area contributed by atoms with Gasteiger partial charge in [0.25, 0.3) is 0 Å². The molecule has 194 valence electrons. The van der Waals surface area contributed by atoms with Gasteiger partial charge in [0.05, 0.1) is 0 Å². The summed E-state index contributed by atoms with van der Waals surface area (Å²) in [6.45, 7) is 20.4. The zero-order valence-electron chi connectivity index (χ0n) is 23.5. The molecule has 0 bridgehead atoms. The van der Waals surface area contributed by atoms with E-state index in [9.17, 15) is 0 Å². The molecular weight excluding hydrogens is 461 g/mol. The first-order valence-corrected chi connectivity index (χ1v) is 18.6. The Morgan fingerprint density at radius 1 is 0.771 bits per heavy atom. The van der Waals surface area contributed by atoms with Gasteiger partial charge in [0.2, 0.25) is 8.32 Å². The summed E-state index contributed by atoms with van der Waals surface area (Å²) >= 11 is 0. The van der Waals surface area contributed by atoms with Crippen molar-refractivity contribution in [2.75, 3.05) is 27.2 Å². The highest BCUT2D eigenvalue weighted by Crippen LogP contribution is 2.40. The second-order valence-corrected chi connectivity index (χ2v) is 20.7. The van der Waals surface area contributed by atoms with Crippen LogP contribution in [0, 0.1) is 0 Å². The molecule has 2 aromatic rings. The first kappa shape index (κ1) is 29.7. The fraction of sp³-hybridized carbons (Fsp3) is 0.533. The molecular formula is C30H50N2OSi2. The Balaban J connectivity index is 1.99. The van der Waals surface area contributed by atoms with E-state index in [-0.39, 0.29) is 5.04 Å². The van der Waals surface area contributed by atoms with Crippen molar-refractivity contribution in [2.45, 2.75) is 76.9 Å². The van der Waals surface area contributed by atoms with Crippen LogP contribution >= 0.6 is 0 Å². The van der Waals surface area contributed by atoms with E-state index in [1.807, 2.05) is 0 Å². The second-order valence-electron chi connectivity index (χ2n) is 11.8. The number of benzene rings is 2. The van der Waals surface area contributed by atoms with Crippen molar-refractivity contribution >= 4 is 16.6 Å². The molecule has 35 heavy (non-hydrogen) atoms. The van der Waals surface area contributed by atoms with Crippen LogP contribution < -0.4 is 0 Å². The Labute approximate surface area is 218 Å². The Morgan fingerprint density at radius 3 is 1.51 bits per heavy atom. The minimum absolute atomic E-state index is 0.211. The van der Waals surface area contributed by atoms with Gasteiger partial charge in [-0.1, -0.05) is 87.1 Å². The molecule has 0 fully saturated rings. The molecule has 0 aliphatic heterocycles. The number of hydrogen-bond donors (Lipinski definition) is 0. The van der Waals surface area contributed by atoms with Gasteiger partial charge in [0.1, 0.15) is 0 Å². The number of nitrogens with zero attached hydrogens (tertiary/aromatic N) is 2. The van der Waals surface area contributed by atoms with Crippen molar-refractivity contribution in [3.63, 3.8) is 0 Å². The zero-order chi connectivity index (χ0) is 26.0. The van der Waals surface area contributed by atoms with Crippen LogP contribution in [0.3, 0.4) is 0 Å². The van der Waals surface area contributed by atoms with E-state index >= 15 is 0 Å². The van der Waals surface area contributed by atoms with E-state index < -0.39 is 16.6 Å². The normalized spacial score (nSPS) is 12.9. The van der Waals surface area contributed by atoms with E-state index in [0.29, 0.717) is 0 Å². The minimum atomic E-state index is -2.06. The van der Waals surface area contributed by atoms with Crippen LogP contribution in [0.5, 0.6) is 0 Å². The van der Waals surface area contributed by atoms with Crippen LogP contribution in [0.4, 0.5) is 0 Å². The van der Waals surface area contributed by atoms with Crippen molar-refractivity contribution in [1.82, 2.24) is 9.80 Å². The highest BCUT2D eigenvalue weighted by molar-refractivity contribution is 6.89. The summed E-state index contributed by atoms with van der Waals surface area (Å²) in [6, 6.07) is 23.8. The van der Waals surface area contributed by atoms with Crippen LogP contribution in [0.1, 0.15) is 44.7 Å². The molecule has 2 rings (SSSR count). The van der Waals surface area contributed by atoms with Gasteiger partial charge in [-0.2, -0.15) is 0 Å². The predicted octanol–water partition coefficient (Wildman–Crippen LogP) is 7.72. The average molecular weight is 511 g/mol. The second kappa shape index (κ2) is 13.7. The molecule has 0 atom stereocenters. The molecule has 0 unspecified atom stereocenters. The zero-order valence-corrected chi connectivity index (χ0v) is 25.5. The van der Waals surface area contributed by atoms with Crippen LogP contribution in [-0.2, 0) is 17.2 Å². The molecule has 0 saturated heterocycles. The molecule has 0 aliphatic rings. The van der Waals surface area contributed by atoms with Crippen molar-refractivity contribution in [2.24, 2.45) is 0 Å². The molecule has 5 heteroatoms. The molecule has 0 N–H and O–H groups in total. The van der Waals surface area contributed by atoms with Crippen molar-refractivity contribution in [3.05, 3.63) is 84.1 Å². The third-order valence-corrected chi connectivity index (χ3v) is 17.9. The summed E-state index contributed by atoms with van der Waals surface area (Å²) < 4.78 is 7.26. The smallest absolute Gasteiger partial charge is 0.204 e. The quantitative estimate of drug-likeness (QED) is 0.228. The van der Waals surface area contributed by atoms with E-state index in [0.717, 1.165) is 51.1 Å². The Hall–Kier alpha value is -1.51. The molecule has 0 heterocycles. The van der Waals surface area contributed by atoms with Gasteiger partial charge in [-0.3, -0.25) is 0 Å². The average Bonchev–Trinajstić information content (AvgIpc) is 2.79. The maximum atomic E-state index is 7.26. The predicted molar refractivity (Wildman–Crippen MR) is 159 cm³/mol. The lowest BCUT2D eigenvalue weighted by molar-refractivity contribution is 0.321. The lowest BCUT2D eigenvalue weighted by atomic mass is 10.2. The Morgan fingerprint density at radius 2 is 1.17 bits per heavy atom. The van der Waals surface area contributed by atoms with Gasteiger partial charge in [0, 0.05) is 13.1 Å². The largest absolute Gasteiger partial charge is 0.452 e. The number of hydrogen-bond acceptors (Lipinski definition) is 3. The standard InChI is InChI=1S/C30H50N2OSi2/c1-9-35(33-34(7,8)30(2,3)4,24-16-22-31(5)26-28-18-12-10-13-19-28)25-17-23-32(6)27-29-20-14-11-15-21-29/h9-15,18-21H,1,16-17,22-27H2,2-8H3. The molecule has 0 spiro atoms. The Kier molecular flexibility index (Phi) is 11.6. The topological polar surface area (TPSA) is 15.7 Å². The molecule has 0 radical (unpaired) electrons. The fourth-order valence-corrected chi connectivity index (χ4v) is 13.0. The summed E-state index contributed by atoms with van der Waals surface area (Å²) in [5, 5.41) is 0.211. The molecule has 0 aromatic heterocycles. The van der Waals surface area contributed by atoms with Crippen LogP contribution in [0.2, 0.25) is 30.2 Å². The van der Waals surface area contributed by atoms with Gasteiger partial charge in [-0.25, -0.2) is 0 Å². The Bertz CT molecular complexity index is 811. The molecule has 3 nitrogen and oxygen atoms in total. The highest BCUT2D eigenvalue weighted by atomic mass is 28.4. The monoisotopic (exact) mass is 510 g/mol. The first-order chi connectivity index (χ1) is 16.5. The molecule has 0 saturated carbocycles. The van der Waals surface area contributed by atoms with Crippen LogP contribution in [0.25, 0.3) is 0 Å². The van der Waals surface area contributed by atoms with E-state index in [4.69, 9.17) is 4.12 Å². The van der Waals surface area contributed by atoms with Gasteiger partial charge in [-0.05, 0) is 81.4 Å². The minimum Gasteiger partial charge on any atom is -0.452 e. The van der Waals surface area contributed by atoms with Crippen LogP contribution in [-0.4, -0.2) is 53.6 Å². The first-order valence-electron chi connectivity index (χ1n) is 13.3. The summed E-state index contributed by atoms with van der Waals surface area (Å²) in [5.41, 5.74) is 5.02. The van der Waals surface area contributed by atoms with Gasteiger partial charge in [-0.15, -0.1) is 6.58 Å². The third kappa shape index (κ3) is 10.2. The van der Waals surface area contributed by atoms with Gasteiger partial charge >= 0.3 is 0 Å². The molecule has 0 aliphatic carbocycles. The highest BCUT2D eigenvalue weighted by Gasteiger charge is 2.44. The van der Waals surface area contributed by atoms with E-state index in [2.05, 4.69) is 131 Å². The van der Waals surface area contributed by atoms with Gasteiger partial charge < -0.3 is 13.9 Å². The maximum Gasteiger partial charge on any atom is 0.204 e. The van der Waals surface area contributed by atoms with Crippen molar-refractivity contribution in [3.8, 4) is 0 Å². The lowest BCUT2D eigenvalue weighted by Gasteiger charge is -2.44. The molecule has 0 amide bonds. The number of rotatable bonds is 15. The lowest BCUT2D eigenvalue weighted by Crippen LogP contribution is -2.52. The maximum absolute atomic E-state index is 7.26. The molecule has 2 aromatic carbocycles. The van der Waals surface area contributed by atoms with Crippen LogP contribution in [0.15, 0.2) is 72.9 Å². The fourth-order valence-electron chi connectivity index (χ4n) is 4.38.